The number of methoxy groups -OCH3 is 2. The molecular formula is C27H42N4O4. The van der Waals surface area contributed by atoms with Crippen LogP contribution in [0.15, 0.2) is 24.3 Å². The molecule has 2 amide bonds. The number of amides is 2. The number of ether oxygens (including phenoxy) is 2. The zero-order valence-electron chi connectivity index (χ0n) is 22.3. The standard InChI is InChI=1S/C27H42N4O4/c1-8-14-28-25(32)15-20(13-12-18(2)3)29-27(33)21-16-22(31(30-21)17-19(4)5)26-23(34-6)10-9-11-24(26)35-7/h9-11,16,18-20H,8,12-15,17H2,1-7H3,(H,28,32)(H,29,33)/t20-/m0/s1. The first-order valence-electron chi connectivity index (χ1n) is 12.6. The molecule has 194 valence electrons. The molecule has 2 rings (SSSR count). The molecule has 0 radical (unpaired) electrons. The van der Waals surface area contributed by atoms with E-state index in [1.807, 2.05) is 29.8 Å². The maximum atomic E-state index is 13.3. The number of rotatable bonds is 14. The van der Waals surface area contributed by atoms with Crippen molar-refractivity contribution in [2.45, 2.75) is 72.9 Å². The van der Waals surface area contributed by atoms with Crippen LogP contribution >= 0.6 is 0 Å². The van der Waals surface area contributed by atoms with Crippen LogP contribution in [0.25, 0.3) is 11.3 Å². The van der Waals surface area contributed by atoms with Gasteiger partial charge in [-0.1, -0.05) is 40.7 Å². The number of nitrogens with zero attached hydrogens (tertiary/aromatic N) is 2. The van der Waals surface area contributed by atoms with Crippen molar-refractivity contribution in [1.29, 1.82) is 0 Å². The number of aromatic nitrogens is 2. The minimum atomic E-state index is -0.292. The lowest BCUT2D eigenvalue weighted by molar-refractivity contribution is -0.121. The number of hydrogen-bond donors (Lipinski definition) is 2. The molecule has 0 aliphatic rings. The SMILES string of the molecule is CCCNC(=O)C[C@H](CCC(C)C)NC(=O)c1cc(-c2c(OC)cccc2OC)n(CC(C)C)n1. The van der Waals surface area contributed by atoms with Gasteiger partial charge in [-0.15, -0.1) is 0 Å². The quantitative estimate of drug-likeness (QED) is 0.405. The Morgan fingerprint density at radius 1 is 1.03 bits per heavy atom. The smallest absolute Gasteiger partial charge is 0.272 e. The van der Waals surface area contributed by atoms with E-state index in [0.717, 1.165) is 30.5 Å². The normalized spacial score (nSPS) is 12.0. The summed E-state index contributed by atoms with van der Waals surface area (Å²) in [4.78, 5) is 25.7. The average molecular weight is 487 g/mol. The van der Waals surface area contributed by atoms with Gasteiger partial charge < -0.3 is 20.1 Å². The van der Waals surface area contributed by atoms with Crippen LogP contribution in [0.3, 0.4) is 0 Å². The zero-order chi connectivity index (χ0) is 26.0. The molecule has 0 spiro atoms. The molecule has 0 aliphatic heterocycles. The van der Waals surface area contributed by atoms with Gasteiger partial charge in [-0.2, -0.15) is 5.10 Å². The molecule has 35 heavy (non-hydrogen) atoms. The topological polar surface area (TPSA) is 94.5 Å². The predicted octanol–water partition coefficient (Wildman–Crippen LogP) is 4.67. The maximum Gasteiger partial charge on any atom is 0.272 e. The van der Waals surface area contributed by atoms with Crippen molar-refractivity contribution in [2.24, 2.45) is 11.8 Å². The lowest BCUT2D eigenvalue weighted by Gasteiger charge is -2.19. The summed E-state index contributed by atoms with van der Waals surface area (Å²) in [5.41, 5.74) is 1.80. The van der Waals surface area contributed by atoms with E-state index in [0.29, 0.717) is 42.1 Å². The Kier molecular flexibility index (Phi) is 11.1. The van der Waals surface area contributed by atoms with Gasteiger partial charge in [0.15, 0.2) is 5.69 Å². The first-order chi connectivity index (χ1) is 16.7. The summed E-state index contributed by atoms with van der Waals surface area (Å²) in [6, 6.07) is 7.10. The number of carbonyl (C=O) groups excluding carboxylic acids is 2. The molecule has 1 aromatic carbocycles. The highest BCUT2D eigenvalue weighted by molar-refractivity contribution is 5.94. The first kappa shape index (κ1) is 28.2. The fourth-order valence-electron chi connectivity index (χ4n) is 3.90. The number of hydrogen-bond acceptors (Lipinski definition) is 5. The van der Waals surface area contributed by atoms with E-state index >= 15 is 0 Å². The minimum Gasteiger partial charge on any atom is -0.496 e. The van der Waals surface area contributed by atoms with E-state index in [1.165, 1.54) is 0 Å². The Bertz CT molecular complexity index is 946. The van der Waals surface area contributed by atoms with Gasteiger partial charge in [-0.25, -0.2) is 0 Å². The highest BCUT2D eigenvalue weighted by Gasteiger charge is 2.24. The van der Waals surface area contributed by atoms with Crippen LogP contribution in [-0.2, 0) is 11.3 Å². The molecule has 0 bridgehead atoms. The summed E-state index contributed by atoms with van der Waals surface area (Å²) in [7, 11) is 3.22. The van der Waals surface area contributed by atoms with Gasteiger partial charge >= 0.3 is 0 Å². The van der Waals surface area contributed by atoms with E-state index in [4.69, 9.17) is 9.47 Å². The molecular weight excluding hydrogens is 444 g/mol. The van der Waals surface area contributed by atoms with Crippen LogP contribution in [0.2, 0.25) is 0 Å². The van der Waals surface area contributed by atoms with Gasteiger partial charge in [0.05, 0.1) is 25.5 Å². The van der Waals surface area contributed by atoms with E-state index in [-0.39, 0.29) is 24.3 Å². The van der Waals surface area contributed by atoms with Crippen molar-refractivity contribution in [3.8, 4) is 22.8 Å². The van der Waals surface area contributed by atoms with Crippen LogP contribution in [-0.4, -0.2) is 48.4 Å². The van der Waals surface area contributed by atoms with Gasteiger partial charge in [-0.05, 0) is 49.3 Å². The molecule has 1 aromatic heterocycles. The summed E-state index contributed by atoms with van der Waals surface area (Å²) >= 11 is 0. The Balaban J connectivity index is 2.37. The lowest BCUT2D eigenvalue weighted by atomic mass is 10.0. The number of nitrogens with one attached hydrogen (secondary N) is 2. The maximum absolute atomic E-state index is 13.3. The van der Waals surface area contributed by atoms with E-state index in [1.54, 1.807) is 20.3 Å². The third-order valence-electron chi connectivity index (χ3n) is 5.67. The number of carbonyl (C=O) groups is 2. The van der Waals surface area contributed by atoms with Gasteiger partial charge in [0.2, 0.25) is 5.91 Å². The predicted molar refractivity (Wildman–Crippen MR) is 139 cm³/mol. The summed E-state index contributed by atoms with van der Waals surface area (Å²) in [5, 5.41) is 10.6. The van der Waals surface area contributed by atoms with E-state index in [2.05, 4.69) is 43.4 Å². The van der Waals surface area contributed by atoms with E-state index in [9.17, 15) is 9.59 Å². The number of benzene rings is 1. The fourth-order valence-corrected chi connectivity index (χ4v) is 3.90. The summed E-state index contributed by atoms with van der Waals surface area (Å²) in [6.07, 6.45) is 2.76. The minimum absolute atomic E-state index is 0.0503. The Labute approximate surface area is 209 Å². The van der Waals surface area contributed by atoms with Crippen LogP contribution in [0.4, 0.5) is 0 Å². The van der Waals surface area contributed by atoms with Gasteiger partial charge in [0.25, 0.3) is 5.91 Å². The molecule has 0 fully saturated rings. The van der Waals surface area contributed by atoms with Crippen molar-refractivity contribution >= 4 is 11.8 Å². The van der Waals surface area contributed by atoms with Gasteiger partial charge in [0.1, 0.15) is 11.5 Å². The van der Waals surface area contributed by atoms with Crippen molar-refractivity contribution in [2.75, 3.05) is 20.8 Å². The summed E-state index contributed by atoms with van der Waals surface area (Å²) in [5.74, 6) is 1.73. The Morgan fingerprint density at radius 2 is 1.69 bits per heavy atom. The second kappa shape index (κ2) is 13.8. The van der Waals surface area contributed by atoms with Gasteiger partial charge in [0, 0.05) is 25.6 Å². The third-order valence-corrected chi connectivity index (χ3v) is 5.67. The van der Waals surface area contributed by atoms with Crippen molar-refractivity contribution in [3.05, 3.63) is 30.0 Å². The molecule has 1 atom stereocenters. The van der Waals surface area contributed by atoms with Crippen LogP contribution < -0.4 is 20.1 Å². The highest BCUT2D eigenvalue weighted by Crippen LogP contribution is 2.38. The highest BCUT2D eigenvalue weighted by atomic mass is 16.5. The molecule has 0 saturated carbocycles. The fraction of sp³-hybridized carbons (Fsp3) is 0.593. The molecule has 1 heterocycles. The molecule has 2 aromatic rings. The Morgan fingerprint density at radius 3 is 2.23 bits per heavy atom. The second-order valence-electron chi connectivity index (χ2n) is 9.72. The van der Waals surface area contributed by atoms with Crippen LogP contribution in [0.5, 0.6) is 11.5 Å². The summed E-state index contributed by atoms with van der Waals surface area (Å²) in [6.45, 7) is 11.7. The average Bonchev–Trinajstić information content (AvgIpc) is 3.23. The Hall–Kier alpha value is -3.03. The molecule has 0 unspecified atom stereocenters. The van der Waals surface area contributed by atoms with Crippen LogP contribution in [0, 0.1) is 11.8 Å². The molecule has 2 N–H and O–H groups in total. The van der Waals surface area contributed by atoms with Crippen LogP contribution in [0.1, 0.15) is 70.8 Å². The zero-order valence-corrected chi connectivity index (χ0v) is 22.3. The van der Waals surface area contributed by atoms with Crippen molar-refractivity contribution < 1.29 is 19.1 Å². The monoisotopic (exact) mass is 486 g/mol. The molecule has 8 nitrogen and oxygen atoms in total. The van der Waals surface area contributed by atoms with E-state index < -0.39 is 0 Å². The first-order valence-corrected chi connectivity index (χ1v) is 12.6. The molecule has 8 heteroatoms. The summed E-state index contributed by atoms with van der Waals surface area (Å²) < 4.78 is 13.0. The molecule has 0 saturated heterocycles. The lowest BCUT2D eigenvalue weighted by Crippen LogP contribution is -2.39. The third kappa shape index (κ3) is 8.30. The van der Waals surface area contributed by atoms with Gasteiger partial charge in [-0.3, -0.25) is 14.3 Å². The van der Waals surface area contributed by atoms with Crippen molar-refractivity contribution in [1.82, 2.24) is 20.4 Å². The largest absolute Gasteiger partial charge is 0.496 e. The molecule has 0 aliphatic carbocycles. The second-order valence-corrected chi connectivity index (χ2v) is 9.72. The van der Waals surface area contributed by atoms with Crippen molar-refractivity contribution in [3.63, 3.8) is 0 Å².